The number of nitrogens with two attached hydrogens (primary N) is 1. The van der Waals surface area contributed by atoms with Crippen LogP contribution in [0.5, 0.6) is 5.75 Å². The van der Waals surface area contributed by atoms with Crippen molar-refractivity contribution in [2.45, 2.75) is 26.5 Å². The lowest BCUT2D eigenvalue weighted by molar-refractivity contribution is 0.301. The van der Waals surface area contributed by atoms with Gasteiger partial charge in [0.2, 0.25) is 0 Å². The fraction of sp³-hybridized carbons (Fsp3) is 0.308. The standard InChI is InChI=1S/C13H16N2OS/c1-9-3-4-12(11(7-9)10(2)14)16-8-13-15-5-6-17-13/h3-7,10H,8,14H2,1-2H3/t10-/m1/s1. The van der Waals surface area contributed by atoms with Crippen molar-refractivity contribution < 1.29 is 4.74 Å². The molecule has 0 saturated heterocycles. The third-order valence-corrected chi connectivity index (χ3v) is 3.24. The fourth-order valence-electron chi connectivity index (χ4n) is 1.62. The highest BCUT2D eigenvalue weighted by Crippen LogP contribution is 2.26. The summed E-state index contributed by atoms with van der Waals surface area (Å²) >= 11 is 1.59. The fourth-order valence-corrected chi connectivity index (χ4v) is 2.15. The predicted octanol–water partition coefficient (Wildman–Crippen LogP) is 3.05. The quantitative estimate of drug-likeness (QED) is 0.904. The van der Waals surface area contributed by atoms with Crippen LogP contribution in [0.2, 0.25) is 0 Å². The molecule has 17 heavy (non-hydrogen) atoms. The van der Waals surface area contributed by atoms with E-state index in [9.17, 15) is 0 Å². The van der Waals surface area contributed by atoms with Gasteiger partial charge in [-0.2, -0.15) is 0 Å². The summed E-state index contributed by atoms with van der Waals surface area (Å²) in [6.07, 6.45) is 1.78. The van der Waals surface area contributed by atoms with Gasteiger partial charge in [0, 0.05) is 23.2 Å². The molecule has 1 heterocycles. The van der Waals surface area contributed by atoms with E-state index in [-0.39, 0.29) is 6.04 Å². The number of hydrogen-bond donors (Lipinski definition) is 1. The Morgan fingerprint density at radius 2 is 2.29 bits per heavy atom. The Morgan fingerprint density at radius 3 is 2.94 bits per heavy atom. The van der Waals surface area contributed by atoms with Crippen LogP contribution < -0.4 is 10.5 Å². The zero-order valence-corrected chi connectivity index (χ0v) is 10.8. The number of benzene rings is 1. The molecule has 2 rings (SSSR count). The Kier molecular flexibility index (Phi) is 3.76. The van der Waals surface area contributed by atoms with Crippen LogP contribution in [0.1, 0.15) is 29.1 Å². The molecule has 0 unspecified atom stereocenters. The van der Waals surface area contributed by atoms with Gasteiger partial charge in [-0.05, 0) is 19.9 Å². The van der Waals surface area contributed by atoms with Gasteiger partial charge in [-0.1, -0.05) is 17.7 Å². The van der Waals surface area contributed by atoms with E-state index in [0.717, 1.165) is 16.3 Å². The van der Waals surface area contributed by atoms with Crippen LogP contribution in [0.25, 0.3) is 0 Å². The molecule has 0 spiro atoms. The molecule has 0 radical (unpaired) electrons. The van der Waals surface area contributed by atoms with Gasteiger partial charge in [-0.3, -0.25) is 0 Å². The summed E-state index contributed by atoms with van der Waals surface area (Å²) in [5, 5.41) is 2.92. The number of hydrogen-bond acceptors (Lipinski definition) is 4. The van der Waals surface area contributed by atoms with Gasteiger partial charge in [0.15, 0.2) is 0 Å². The number of aryl methyl sites for hydroxylation is 1. The van der Waals surface area contributed by atoms with Crippen molar-refractivity contribution in [3.8, 4) is 5.75 Å². The molecular weight excluding hydrogens is 232 g/mol. The molecule has 4 heteroatoms. The molecule has 3 nitrogen and oxygen atoms in total. The lowest BCUT2D eigenvalue weighted by Gasteiger charge is -2.14. The highest BCUT2D eigenvalue weighted by atomic mass is 32.1. The Morgan fingerprint density at radius 1 is 1.47 bits per heavy atom. The molecule has 2 N–H and O–H groups in total. The van der Waals surface area contributed by atoms with Crippen LogP contribution >= 0.6 is 11.3 Å². The number of nitrogens with zero attached hydrogens (tertiary/aromatic N) is 1. The zero-order chi connectivity index (χ0) is 12.3. The highest BCUT2D eigenvalue weighted by molar-refractivity contribution is 7.09. The Bertz CT molecular complexity index is 480. The van der Waals surface area contributed by atoms with Crippen molar-refractivity contribution in [2.24, 2.45) is 5.73 Å². The number of rotatable bonds is 4. The molecule has 1 aromatic carbocycles. The molecule has 0 aliphatic carbocycles. The summed E-state index contributed by atoms with van der Waals surface area (Å²) in [4.78, 5) is 4.19. The molecule has 0 saturated carbocycles. The largest absolute Gasteiger partial charge is 0.486 e. The van der Waals surface area contributed by atoms with Gasteiger partial charge in [-0.15, -0.1) is 11.3 Å². The molecule has 0 aliphatic heterocycles. The van der Waals surface area contributed by atoms with Crippen LogP contribution in [-0.2, 0) is 6.61 Å². The van der Waals surface area contributed by atoms with E-state index >= 15 is 0 Å². The van der Waals surface area contributed by atoms with E-state index in [1.807, 2.05) is 24.4 Å². The maximum absolute atomic E-state index is 5.94. The van der Waals surface area contributed by atoms with E-state index < -0.39 is 0 Å². The van der Waals surface area contributed by atoms with Crippen LogP contribution in [0.3, 0.4) is 0 Å². The van der Waals surface area contributed by atoms with E-state index in [0.29, 0.717) is 6.61 Å². The number of thiazole rings is 1. The maximum Gasteiger partial charge on any atom is 0.140 e. The molecule has 90 valence electrons. The minimum absolute atomic E-state index is 0.0267. The predicted molar refractivity (Wildman–Crippen MR) is 70.2 cm³/mol. The van der Waals surface area contributed by atoms with Gasteiger partial charge in [0.25, 0.3) is 0 Å². The second-order valence-electron chi connectivity index (χ2n) is 4.04. The van der Waals surface area contributed by atoms with Gasteiger partial charge < -0.3 is 10.5 Å². The van der Waals surface area contributed by atoms with Crippen molar-refractivity contribution in [3.63, 3.8) is 0 Å². The van der Waals surface area contributed by atoms with Crippen LogP contribution in [-0.4, -0.2) is 4.98 Å². The first-order valence-corrected chi connectivity index (χ1v) is 6.42. The SMILES string of the molecule is Cc1ccc(OCc2nccs2)c([C@@H](C)N)c1. The van der Waals surface area contributed by atoms with Gasteiger partial charge in [0.1, 0.15) is 17.4 Å². The van der Waals surface area contributed by atoms with Crippen molar-refractivity contribution in [2.75, 3.05) is 0 Å². The molecule has 0 aliphatic rings. The lowest BCUT2D eigenvalue weighted by Crippen LogP contribution is -2.08. The first kappa shape index (κ1) is 12.1. The molecule has 1 atom stereocenters. The summed E-state index contributed by atoms with van der Waals surface area (Å²) in [6.45, 7) is 4.52. The van der Waals surface area contributed by atoms with Gasteiger partial charge in [0.05, 0.1) is 0 Å². The summed E-state index contributed by atoms with van der Waals surface area (Å²) in [6, 6.07) is 6.05. The number of ether oxygens (including phenoxy) is 1. The molecule has 1 aromatic heterocycles. The summed E-state index contributed by atoms with van der Waals surface area (Å²) in [7, 11) is 0. The van der Waals surface area contributed by atoms with Crippen molar-refractivity contribution in [1.82, 2.24) is 4.98 Å². The highest BCUT2D eigenvalue weighted by Gasteiger charge is 2.09. The van der Waals surface area contributed by atoms with Crippen LogP contribution in [0.15, 0.2) is 29.8 Å². The Hall–Kier alpha value is -1.39. The van der Waals surface area contributed by atoms with Gasteiger partial charge in [-0.25, -0.2) is 4.98 Å². The molecule has 2 aromatic rings. The normalized spacial score (nSPS) is 12.4. The number of aromatic nitrogens is 1. The zero-order valence-electron chi connectivity index (χ0n) is 10.0. The second-order valence-corrected chi connectivity index (χ2v) is 5.02. The smallest absolute Gasteiger partial charge is 0.140 e. The maximum atomic E-state index is 5.94. The Balaban J connectivity index is 2.14. The van der Waals surface area contributed by atoms with Crippen molar-refractivity contribution in [3.05, 3.63) is 45.9 Å². The van der Waals surface area contributed by atoms with E-state index in [1.165, 1.54) is 5.56 Å². The minimum Gasteiger partial charge on any atom is -0.486 e. The lowest BCUT2D eigenvalue weighted by atomic mass is 10.1. The second kappa shape index (κ2) is 5.29. The third kappa shape index (κ3) is 3.05. The first-order chi connectivity index (χ1) is 8.16. The molecule has 0 bridgehead atoms. The average molecular weight is 248 g/mol. The van der Waals surface area contributed by atoms with Crippen LogP contribution in [0.4, 0.5) is 0 Å². The summed E-state index contributed by atoms with van der Waals surface area (Å²) < 4.78 is 5.77. The Labute approximate surface area is 105 Å². The van der Waals surface area contributed by atoms with E-state index in [4.69, 9.17) is 10.5 Å². The molecule has 0 fully saturated rings. The van der Waals surface area contributed by atoms with E-state index in [2.05, 4.69) is 18.0 Å². The monoisotopic (exact) mass is 248 g/mol. The summed E-state index contributed by atoms with van der Waals surface area (Å²) in [5.41, 5.74) is 8.18. The minimum atomic E-state index is -0.0267. The van der Waals surface area contributed by atoms with Crippen molar-refractivity contribution in [1.29, 1.82) is 0 Å². The summed E-state index contributed by atoms with van der Waals surface area (Å²) in [5.74, 6) is 0.848. The van der Waals surface area contributed by atoms with Gasteiger partial charge >= 0.3 is 0 Å². The van der Waals surface area contributed by atoms with E-state index in [1.54, 1.807) is 17.5 Å². The topological polar surface area (TPSA) is 48.1 Å². The molecular formula is C13H16N2OS. The first-order valence-electron chi connectivity index (χ1n) is 5.54. The molecule has 0 amide bonds. The van der Waals surface area contributed by atoms with Crippen LogP contribution in [0, 0.1) is 6.92 Å². The van der Waals surface area contributed by atoms with Crippen molar-refractivity contribution >= 4 is 11.3 Å². The third-order valence-electron chi connectivity index (χ3n) is 2.49. The average Bonchev–Trinajstić information content (AvgIpc) is 2.80.